The van der Waals surface area contributed by atoms with Gasteiger partial charge in [-0.05, 0) is 30.3 Å². The van der Waals surface area contributed by atoms with Gasteiger partial charge in [0.2, 0.25) is 0 Å². The lowest BCUT2D eigenvalue weighted by atomic mass is 10.3. The van der Waals surface area contributed by atoms with E-state index in [9.17, 15) is 12.8 Å². The van der Waals surface area contributed by atoms with Crippen LogP contribution in [0, 0.1) is 5.82 Å². The highest BCUT2D eigenvalue weighted by molar-refractivity contribution is 7.92. The van der Waals surface area contributed by atoms with Crippen LogP contribution in [0.4, 0.5) is 10.1 Å². The zero-order valence-electron chi connectivity index (χ0n) is 11.8. The molecule has 0 atom stereocenters. The van der Waals surface area contributed by atoms with Gasteiger partial charge in [0.1, 0.15) is 17.3 Å². The fraction of sp³-hybridized carbons (Fsp3) is 0.143. The molecule has 8 heteroatoms. The Morgan fingerprint density at radius 1 is 1.09 bits per heavy atom. The summed E-state index contributed by atoms with van der Waals surface area (Å²) in [6.45, 7) is 0. The molecule has 0 spiro atoms. The number of nitrogens with one attached hydrogen (secondary N) is 1. The predicted molar refractivity (Wildman–Crippen MR) is 81.8 cm³/mol. The zero-order chi connectivity index (χ0) is 16.3. The minimum absolute atomic E-state index is 0.156. The average Bonchev–Trinajstić information content (AvgIpc) is 2.50. The molecule has 2 aromatic rings. The van der Waals surface area contributed by atoms with Crippen molar-refractivity contribution in [3.63, 3.8) is 0 Å². The topological polar surface area (TPSA) is 64.6 Å². The van der Waals surface area contributed by atoms with Crippen LogP contribution in [0.3, 0.4) is 0 Å². The maximum Gasteiger partial charge on any atom is 0.262 e. The molecular formula is C14H13ClFNO4S. The Morgan fingerprint density at radius 2 is 1.82 bits per heavy atom. The van der Waals surface area contributed by atoms with Crippen molar-refractivity contribution in [3.8, 4) is 11.5 Å². The fourth-order valence-electron chi connectivity index (χ4n) is 1.73. The molecule has 0 saturated carbocycles. The summed E-state index contributed by atoms with van der Waals surface area (Å²) in [4.78, 5) is -0.156. The molecule has 2 rings (SSSR count). The van der Waals surface area contributed by atoms with Gasteiger partial charge in [0.15, 0.2) is 0 Å². The molecule has 0 unspecified atom stereocenters. The quantitative estimate of drug-likeness (QED) is 0.903. The van der Waals surface area contributed by atoms with E-state index < -0.39 is 15.8 Å². The van der Waals surface area contributed by atoms with Crippen LogP contribution in [-0.4, -0.2) is 22.6 Å². The number of anilines is 1. The van der Waals surface area contributed by atoms with Crippen LogP contribution in [0.15, 0.2) is 41.3 Å². The molecule has 5 nitrogen and oxygen atoms in total. The fourth-order valence-corrected chi connectivity index (χ4v) is 3.07. The molecule has 0 fully saturated rings. The number of hydrogen-bond acceptors (Lipinski definition) is 4. The summed E-state index contributed by atoms with van der Waals surface area (Å²) in [5.74, 6) is 0.114. The Kier molecular flexibility index (Phi) is 4.77. The highest BCUT2D eigenvalue weighted by atomic mass is 35.5. The van der Waals surface area contributed by atoms with Crippen molar-refractivity contribution in [2.75, 3.05) is 18.9 Å². The largest absolute Gasteiger partial charge is 0.497 e. The summed E-state index contributed by atoms with van der Waals surface area (Å²) in [5, 5.41) is -0.274. The Bertz CT molecular complexity index is 795. The normalized spacial score (nSPS) is 11.1. The molecule has 0 aliphatic heterocycles. The van der Waals surface area contributed by atoms with Crippen molar-refractivity contribution in [3.05, 3.63) is 47.2 Å². The molecule has 2 aromatic carbocycles. The van der Waals surface area contributed by atoms with Crippen LogP contribution in [0.1, 0.15) is 0 Å². The second kappa shape index (κ2) is 6.41. The Balaban J connectivity index is 2.38. The molecule has 0 heterocycles. The summed E-state index contributed by atoms with van der Waals surface area (Å²) in [6, 6.07) is 7.77. The number of sulfonamides is 1. The van der Waals surface area contributed by atoms with Gasteiger partial charge in [0.05, 0.1) is 29.8 Å². The molecule has 0 aromatic heterocycles. The van der Waals surface area contributed by atoms with E-state index in [1.807, 2.05) is 0 Å². The lowest BCUT2D eigenvalue weighted by Gasteiger charge is -2.13. The molecule has 0 aliphatic rings. The molecule has 0 radical (unpaired) electrons. The molecular weight excluding hydrogens is 333 g/mol. The zero-order valence-corrected chi connectivity index (χ0v) is 13.3. The van der Waals surface area contributed by atoms with Gasteiger partial charge >= 0.3 is 0 Å². The third-order valence-corrected chi connectivity index (χ3v) is 4.51. The molecule has 0 bridgehead atoms. The number of hydrogen-bond donors (Lipinski definition) is 1. The Hall–Kier alpha value is -1.99. The molecule has 1 N–H and O–H groups in total. The summed E-state index contributed by atoms with van der Waals surface area (Å²) < 4.78 is 50.3. The van der Waals surface area contributed by atoms with Gasteiger partial charge in [0.25, 0.3) is 10.0 Å². The highest BCUT2D eigenvalue weighted by Crippen LogP contribution is 2.31. The monoisotopic (exact) mass is 345 g/mol. The summed E-state index contributed by atoms with van der Waals surface area (Å²) in [5.41, 5.74) is 0.226. The number of methoxy groups -OCH3 is 2. The van der Waals surface area contributed by atoms with Crippen LogP contribution in [-0.2, 0) is 10.0 Å². The average molecular weight is 346 g/mol. The smallest absolute Gasteiger partial charge is 0.262 e. The van der Waals surface area contributed by atoms with E-state index in [4.69, 9.17) is 21.1 Å². The molecule has 0 amide bonds. The van der Waals surface area contributed by atoms with Crippen molar-refractivity contribution < 1.29 is 22.3 Å². The van der Waals surface area contributed by atoms with Gasteiger partial charge < -0.3 is 9.47 Å². The minimum Gasteiger partial charge on any atom is -0.497 e. The van der Waals surface area contributed by atoms with Crippen molar-refractivity contribution >= 4 is 27.3 Å². The summed E-state index contributed by atoms with van der Waals surface area (Å²) >= 11 is 5.61. The van der Waals surface area contributed by atoms with Crippen LogP contribution >= 0.6 is 11.6 Å². The van der Waals surface area contributed by atoms with Crippen molar-refractivity contribution in [2.45, 2.75) is 4.90 Å². The summed E-state index contributed by atoms with van der Waals surface area (Å²) in [6.07, 6.45) is 0. The number of ether oxygens (including phenoxy) is 2. The van der Waals surface area contributed by atoms with Crippen LogP contribution in [0.5, 0.6) is 11.5 Å². The van der Waals surface area contributed by atoms with E-state index >= 15 is 0 Å². The van der Waals surface area contributed by atoms with Gasteiger partial charge in [-0.1, -0.05) is 11.6 Å². The first-order chi connectivity index (χ1) is 10.4. The SMILES string of the molecule is COc1ccc(NS(=O)(=O)c2ccc(F)c(Cl)c2)c(OC)c1. The Morgan fingerprint density at radius 3 is 2.41 bits per heavy atom. The van der Waals surface area contributed by atoms with E-state index in [0.29, 0.717) is 5.75 Å². The van der Waals surface area contributed by atoms with Gasteiger partial charge in [-0.15, -0.1) is 0 Å². The van der Waals surface area contributed by atoms with E-state index in [-0.39, 0.29) is 21.4 Å². The number of halogens is 2. The summed E-state index contributed by atoms with van der Waals surface area (Å²) in [7, 11) is -1.04. The Labute approximate surface area is 132 Å². The third kappa shape index (κ3) is 3.42. The number of benzene rings is 2. The highest BCUT2D eigenvalue weighted by Gasteiger charge is 2.18. The van der Waals surface area contributed by atoms with Crippen LogP contribution in [0.25, 0.3) is 0 Å². The van der Waals surface area contributed by atoms with Gasteiger partial charge in [-0.3, -0.25) is 4.72 Å². The van der Waals surface area contributed by atoms with E-state index in [0.717, 1.165) is 18.2 Å². The second-order valence-electron chi connectivity index (χ2n) is 4.25. The lowest BCUT2D eigenvalue weighted by molar-refractivity contribution is 0.395. The first kappa shape index (κ1) is 16.4. The molecule has 0 aliphatic carbocycles. The van der Waals surface area contributed by atoms with E-state index in [1.165, 1.54) is 26.4 Å². The molecule has 118 valence electrons. The van der Waals surface area contributed by atoms with Crippen molar-refractivity contribution in [1.82, 2.24) is 0 Å². The van der Waals surface area contributed by atoms with Gasteiger partial charge in [-0.25, -0.2) is 12.8 Å². The first-order valence-corrected chi connectivity index (χ1v) is 7.93. The molecule has 0 saturated heterocycles. The molecule has 22 heavy (non-hydrogen) atoms. The van der Waals surface area contributed by atoms with Crippen molar-refractivity contribution in [2.24, 2.45) is 0 Å². The third-order valence-electron chi connectivity index (χ3n) is 2.85. The predicted octanol–water partition coefficient (Wildman–Crippen LogP) is 3.30. The lowest BCUT2D eigenvalue weighted by Crippen LogP contribution is -2.13. The van der Waals surface area contributed by atoms with E-state index in [2.05, 4.69) is 4.72 Å². The van der Waals surface area contributed by atoms with Crippen LogP contribution < -0.4 is 14.2 Å². The number of rotatable bonds is 5. The van der Waals surface area contributed by atoms with E-state index in [1.54, 1.807) is 6.07 Å². The van der Waals surface area contributed by atoms with Crippen LogP contribution in [0.2, 0.25) is 5.02 Å². The van der Waals surface area contributed by atoms with Gasteiger partial charge in [-0.2, -0.15) is 0 Å². The van der Waals surface area contributed by atoms with Gasteiger partial charge in [0, 0.05) is 6.07 Å². The standard InChI is InChI=1S/C14H13ClFNO4S/c1-20-9-3-6-13(14(7-9)21-2)17-22(18,19)10-4-5-12(16)11(15)8-10/h3-8,17H,1-2H3. The minimum atomic E-state index is -3.93. The van der Waals surface area contributed by atoms with Crippen molar-refractivity contribution in [1.29, 1.82) is 0 Å². The maximum atomic E-state index is 13.1. The first-order valence-electron chi connectivity index (χ1n) is 6.07. The maximum absolute atomic E-state index is 13.1. The second-order valence-corrected chi connectivity index (χ2v) is 6.34.